The van der Waals surface area contributed by atoms with Crippen molar-refractivity contribution in [2.24, 2.45) is 5.73 Å². The lowest BCUT2D eigenvalue weighted by Crippen LogP contribution is -2.27. The lowest BCUT2D eigenvalue weighted by Gasteiger charge is -2.16. The fourth-order valence-corrected chi connectivity index (χ4v) is 2.11. The summed E-state index contributed by atoms with van der Waals surface area (Å²) < 4.78 is 10.4. The average molecular weight is 264 g/mol. The van der Waals surface area contributed by atoms with Gasteiger partial charge in [-0.05, 0) is 17.7 Å². The first-order valence-corrected chi connectivity index (χ1v) is 6.43. The number of nitrogens with zero attached hydrogens (tertiary/aromatic N) is 1. The quantitative estimate of drug-likeness (QED) is 0.771. The molecule has 2 rings (SSSR count). The van der Waals surface area contributed by atoms with Crippen LogP contribution in [-0.2, 0) is 16.1 Å². The molecule has 104 valence electrons. The summed E-state index contributed by atoms with van der Waals surface area (Å²) in [6.45, 7) is 2.37. The molecule has 19 heavy (non-hydrogen) atoms. The van der Waals surface area contributed by atoms with Crippen molar-refractivity contribution in [2.45, 2.75) is 19.0 Å². The lowest BCUT2D eigenvalue weighted by molar-refractivity contribution is -0.128. The van der Waals surface area contributed by atoms with Crippen molar-refractivity contribution >= 4 is 5.91 Å². The number of hydrogen-bond acceptors (Lipinski definition) is 4. The van der Waals surface area contributed by atoms with E-state index in [0.29, 0.717) is 32.7 Å². The molecule has 1 aromatic rings. The monoisotopic (exact) mass is 264 g/mol. The maximum Gasteiger partial charge on any atom is 0.224 e. The number of ether oxygens (including phenoxy) is 2. The highest BCUT2D eigenvalue weighted by molar-refractivity contribution is 5.79. The maximum atomic E-state index is 11.6. The molecule has 1 heterocycles. The van der Waals surface area contributed by atoms with Gasteiger partial charge in [0.15, 0.2) is 0 Å². The number of amides is 1. The number of hydrogen-bond donors (Lipinski definition) is 1. The molecule has 5 heteroatoms. The van der Waals surface area contributed by atoms with Gasteiger partial charge in [0, 0.05) is 32.7 Å². The van der Waals surface area contributed by atoms with Crippen LogP contribution in [0, 0.1) is 0 Å². The van der Waals surface area contributed by atoms with Gasteiger partial charge in [-0.1, -0.05) is 12.1 Å². The van der Waals surface area contributed by atoms with Crippen molar-refractivity contribution in [3.63, 3.8) is 0 Å². The number of rotatable bonds is 6. The molecule has 1 atom stereocenters. The number of nitrogens with two attached hydrogens (primary N) is 1. The fraction of sp³-hybridized carbons (Fsp3) is 0.500. The Morgan fingerprint density at radius 2 is 2.05 bits per heavy atom. The van der Waals surface area contributed by atoms with Crippen molar-refractivity contribution in [2.75, 3.05) is 26.9 Å². The van der Waals surface area contributed by atoms with E-state index in [9.17, 15) is 4.79 Å². The highest BCUT2D eigenvalue weighted by Crippen LogP contribution is 2.17. The van der Waals surface area contributed by atoms with Crippen LogP contribution in [0.1, 0.15) is 12.0 Å². The molecule has 1 unspecified atom stereocenters. The molecule has 1 fully saturated rings. The molecule has 0 spiro atoms. The zero-order valence-electron chi connectivity index (χ0n) is 11.2. The predicted molar refractivity (Wildman–Crippen MR) is 71.8 cm³/mol. The van der Waals surface area contributed by atoms with Crippen LogP contribution < -0.4 is 10.5 Å². The summed E-state index contributed by atoms with van der Waals surface area (Å²) in [4.78, 5) is 13.4. The summed E-state index contributed by atoms with van der Waals surface area (Å²) in [5.41, 5.74) is 6.85. The molecule has 1 aliphatic rings. The van der Waals surface area contributed by atoms with Crippen LogP contribution in [-0.4, -0.2) is 43.7 Å². The second kappa shape index (κ2) is 6.54. The lowest BCUT2D eigenvalue weighted by atomic mass is 10.2. The number of carbonyl (C=O) groups excluding carboxylic acids is 1. The summed E-state index contributed by atoms with van der Waals surface area (Å²) in [6.07, 6.45) is 0.457. The smallest absolute Gasteiger partial charge is 0.224 e. The molecular formula is C14H20N2O3. The molecular weight excluding hydrogens is 244 g/mol. The van der Waals surface area contributed by atoms with Gasteiger partial charge in [0.2, 0.25) is 5.91 Å². The van der Waals surface area contributed by atoms with E-state index in [-0.39, 0.29) is 11.9 Å². The SMILES string of the molecule is COCCOc1ccc(CN2CC(N)CC2=O)cc1. The highest BCUT2D eigenvalue weighted by atomic mass is 16.5. The van der Waals surface area contributed by atoms with Gasteiger partial charge in [0.25, 0.3) is 0 Å². The summed E-state index contributed by atoms with van der Waals surface area (Å²) >= 11 is 0. The molecule has 5 nitrogen and oxygen atoms in total. The standard InChI is InChI=1S/C14H20N2O3/c1-18-6-7-19-13-4-2-11(3-5-13)9-16-10-12(15)8-14(16)17/h2-5,12H,6-10,15H2,1H3. The number of benzene rings is 1. The van der Waals surface area contributed by atoms with Crippen LogP contribution >= 0.6 is 0 Å². The molecule has 1 aliphatic heterocycles. The molecule has 2 N–H and O–H groups in total. The second-order valence-corrected chi connectivity index (χ2v) is 4.72. The first kappa shape index (κ1) is 13.8. The third-order valence-corrected chi connectivity index (χ3v) is 3.10. The van der Waals surface area contributed by atoms with E-state index in [1.165, 1.54) is 0 Å². The molecule has 1 saturated heterocycles. The van der Waals surface area contributed by atoms with E-state index in [1.807, 2.05) is 24.3 Å². The van der Waals surface area contributed by atoms with E-state index >= 15 is 0 Å². The van der Waals surface area contributed by atoms with Gasteiger partial charge in [0.05, 0.1) is 6.61 Å². The van der Waals surface area contributed by atoms with Crippen LogP contribution in [0.4, 0.5) is 0 Å². The van der Waals surface area contributed by atoms with E-state index in [4.69, 9.17) is 15.2 Å². The van der Waals surface area contributed by atoms with Crippen molar-refractivity contribution in [3.8, 4) is 5.75 Å². The van der Waals surface area contributed by atoms with Gasteiger partial charge in [-0.25, -0.2) is 0 Å². The van der Waals surface area contributed by atoms with Gasteiger partial charge >= 0.3 is 0 Å². The molecule has 0 saturated carbocycles. The Labute approximate surface area is 113 Å². The molecule has 1 amide bonds. The topological polar surface area (TPSA) is 64.8 Å². The van der Waals surface area contributed by atoms with Crippen LogP contribution in [0.15, 0.2) is 24.3 Å². The van der Waals surface area contributed by atoms with Crippen LogP contribution in [0.3, 0.4) is 0 Å². The number of likely N-dealkylation sites (tertiary alicyclic amines) is 1. The normalized spacial score (nSPS) is 18.9. The van der Waals surface area contributed by atoms with Gasteiger partial charge in [0.1, 0.15) is 12.4 Å². The predicted octanol–water partition coefficient (Wildman–Crippen LogP) is 0.771. The first-order valence-electron chi connectivity index (χ1n) is 6.43. The molecule has 0 aromatic heterocycles. The Morgan fingerprint density at radius 1 is 1.32 bits per heavy atom. The van der Waals surface area contributed by atoms with Gasteiger partial charge in [-0.2, -0.15) is 0 Å². The van der Waals surface area contributed by atoms with Gasteiger partial charge < -0.3 is 20.1 Å². The number of methoxy groups -OCH3 is 1. The van der Waals surface area contributed by atoms with E-state index in [2.05, 4.69) is 0 Å². The average Bonchev–Trinajstić information content (AvgIpc) is 2.70. The molecule has 0 bridgehead atoms. The first-order chi connectivity index (χ1) is 9.19. The largest absolute Gasteiger partial charge is 0.491 e. The van der Waals surface area contributed by atoms with Crippen molar-refractivity contribution < 1.29 is 14.3 Å². The Hall–Kier alpha value is -1.59. The van der Waals surface area contributed by atoms with Crippen LogP contribution in [0.2, 0.25) is 0 Å². The molecule has 0 radical (unpaired) electrons. The van der Waals surface area contributed by atoms with Crippen molar-refractivity contribution in [3.05, 3.63) is 29.8 Å². The number of carbonyl (C=O) groups is 1. The third kappa shape index (κ3) is 3.94. The van der Waals surface area contributed by atoms with E-state index in [0.717, 1.165) is 11.3 Å². The summed E-state index contributed by atoms with van der Waals surface area (Å²) in [6, 6.07) is 7.74. The van der Waals surface area contributed by atoms with Crippen molar-refractivity contribution in [1.82, 2.24) is 4.90 Å². The summed E-state index contributed by atoms with van der Waals surface area (Å²) in [7, 11) is 1.64. The Morgan fingerprint density at radius 3 is 2.63 bits per heavy atom. The van der Waals surface area contributed by atoms with Crippen LogP contribution in [0.25, 0.3) is 0 Å². The summed E-state index contributed by atoms with van der Waals surface area (Å²) in [5, 5.41) is 0. The summed E-state index contributed by atoms with van der Waals surface area (Å²) in [5.74, 6) is 0.943. The Kier molecular flexibility index (Phi) is 4.76. The molecule has 0 aliphatic carbocycles. The Bertz CT molecular complexity index is 419. The van der Waals surface area contributed by atoms with Gasteiger partial charge in [-0.3, -0.25) is 4.79 Å². The maximum absolute atomic E-state index is 11.6. The van der Waals surface area contributed by atoms with E-state index in [1.54, 1.807) is 12.0 Å². The molecule has 1 aromatic carbocycles. The Balaban J connectivity index is 1.86. The minimum Gasteiger partial charge on any atom is -0.491 e. The highest BCUT2D eigenvalue weighted by Gasteiger charge is 2.26. The zero-order valence-corrected chi connectivity index (χ0v) is 11.2. The van der Waals surface area contributed by atoms with Gasteiger partial charge in [-0.15, -0.1) is 0 Å². The fourth-order valence-electron chi connectivity index (χ4n) is 2.11. The minimum atomic E-state index is -0.0239. The third-order valence-electron chi connectivity index (χ3n) is 3.10. The minimum absolute atomic E-state index is 0.0239. The zero-order chi connectivity index (χ0) is 13.7. The van der Waals surface area contributed by atoms with E-state index < -0.39 is 0 Å². The van der Waals surface area contributed by atoms with Crippen molar-refractivity contribution in [1.29, 1.82) is 0 Å². The van der Waals surface area contributed by atoms with Crippen LogP contribution in [0.5, 0.6) is 5.75 Å². The second-order valence-electron chi connectivity index (χ2n) is 4.72.